The van der Waals surface area contributed by atoms with Gasteiger partial charge in [0.2, 0.25) is 5.69 Å². The van der Waals surface area contributed by atoms with E-state index in [-0.39, 0.29) is 12.0 Å². The first-order valence-corrected chi connectivity index (χ1v) is 14.6. The molecule has 1 N–H and O–H groups in total. The first kappa shape index (κ1) is 26.3. The van der Waals surface area contributed by atoms with Crippen LogP contribution in [0.4, 0.5) is 11.5 Å². The van der Waals surface area contributed by atoms with Gasteiger partial charge in [0.15, 0.2) is 11.5 Å². The van der Waals surface area contributed by atoms with Gasteiger partial charge in [0, 0.05) is 58.9 Å². The number of nitrogens with one attached hydrogen (secondary N) is 1. The maximum Gasteiger partial charge on any atom is 0.274 e. The monoisotopic (exact) mass is 549 g/mol. The second-order valence-corrected chi connectivity index (χ2v) is 11.8. The Morgan fingerprint density at radius 2 is 1.79 bits per heavy atom. The summed E-state index contributed by atoms with van der Waals surface area (Å²) < 4.78 is 6.17. The first-order chi connectivity index (χ1) is 19.1. The average molecular weight is 550 g/mol. The number of rotatable bonds is 6. The number of nitrogens with zero attached hydrogens (tertiary/aromatic N) is 6. The van der Waals surface area contributed by atoms with Crippen LogP contribution in [0.15, 0.2) is 30.3 Å². The van der Waals surface area contributed by atoms with E-state index >= 15 is 0 Å². The summed E-state index contributed by atoms with van der Waals surface area (Å²) in [6.07, 6.45) is 4.27. The Balaban J connectivity index is 0.970. The van der Waals surface area contributed by atoms with Crippen molar-refractivity contribution in [2.45, 2.75) is 31.8 Å². The van der Waals surface area contributed by atoms with Gasteiger partial charge >= 0.3 is 0 Å². The molecule has 10 heteroatoms. The minimum atomic E-state index is -0.0304. The number of amides is 1. The third-order valence-corrected chi connectivity index (χ3v) is 9.17. The van der Waals surface area contributed by atoms with Crippen LogP contribution in [0.3, 0.4) is 0 Å². The predicted octanol–water partition coefficient (Wildman–Crippen LogP) is 3.73. The number of hydrogen-bond donors (Lipinski definition) is 1. The van der Waals surface area contributed by atoms with Crippen molar-refractivity contribution in [3.05, 3.63) is 52.5 Å². The molecule has 1 amide bonds. The van der Waals surface area contributed by atoms with Crippen LogP contribution in [0.5, 0.6) is 5.75 Å². The molecule has 4 aliphatic rings. The third-order valence-electron chi connectivity index (χ3n) is 8.87. The molecule has 1 unspecified atom stereocenters. The number of carbonyl (C=O) groups is 1. The molecular formula is C29H36ClN7O2. The van der Waals surface area contributed by atoms with Crippen molar-refractivity contribution in [2.75, 3.05) is 63.8 Å². The Labute approximate surface area is 235 Å². The minimum Gasteiger partial charge on any atom is -0.490 e. The van der Waals surface area contributed by atoms with Crippen molar-refractivity contribution in [2.24, 2.45) is 17.8 Å². The van der Waals surface area contributed by atoms with Crippen LogP contribution in [-0.4, -0.2) is 90.9 Å². The summed E-state index contributed by atoms with van der Waals surface area (Å²) in [7, 11) is 0. The number of piperidine rings is 1. The van der Waals surface area contributed by atoms with E-state index in [0.717, 1.165) is 76.9 Å². The van der Waals surface area contributed by atoms with E-state index in [1.165, 1.54) is 19.4 Å². The van der Waals surface area contributed by atoms with Crippen LogP contribution in [0.1, 0.15) is 36.2 Å². The number of anilines is 1. The van der Waals surface area contributed by atoms with Gasteiger partial charge in [-0.05, 0) is 67.7 Å². The second kappa shape index (κ2) is 11.7. The number of benzene rings is 1. The highest BCUT2D eigenvalue weighted by Gasteiger charge is 2.43. The van der Waals surface area contributed by atoms with Crippen molar-refractivity contribution in [3.63, 3.8) is 0 Å². The molecule has 0 radical (unpaired) electrons. The van der Waals surface area contributed by atoms with Gasteiger partial charge in [-0.1, -0.05) is 17.7 Å². The molecule has 6 rings (SSSR count). The Morgan fingerprint density at radius 1 is 1.05 bits per heavy atom. The standard InChI is InChI=1S/C29H36ClN7O2/c1-31-26-3-2-23(16-25(26)30)39-24-14-21-18-37(19-22(21)15-24)29(38)27-4-5-28(34-33-27)36-10-6-20(7-11-36)17-35-12-8-32-9-13-35/h2-5,16,20-22,24,32H,6-15,17-19H2/t21-,22+,24?. The molecule has 9 nitrogen and oxygen atoms in total. The number of hydrogen-bond acceptors (Lipinski definition) is 7. The van der Waals surface area contributed by atoms with Crippen LogP contribution in [0, 0.1) is 24.3 Å². The zero-order valence-corrected chi connectivity index (χ0v) is 23.0. The zero-order chi connectivity index (χ0) is 26.8. The normalized spacial score (nSPS) is 25.9. The molecule has 1 aromatic carbocycles. The van der Waals surface area contributed by atoms with E-state index in [1.807, 2.05) is 17.0 Å². The van der Waals surface area contributed by atoms with Gasteiger partial charge in [-0.3, -0.25) is 4.79 Å². The predicted molar refractivity (Wildman–Crippen MR) is 151 cm³/mol. The van der Waals surface area contributed by atoms with Crippen molar-refractivity contribution in [3.8, 4) is 5.75 Å². The van der Waals surface area contributed by atoms with Crippen molar-refractivity contribution in [1.29, 1.82) is 0 Å². The summed E-state index contributed by atoms with van der Waals surface area (Å²) in [5.74, 6) is 3.13. The highest BCUT2D eigenvalue weighted by Crippen LogP contribution is 2.41. The molecule has 3 aliphatic heterocycles. The Morgan fingerprint density at radius 3 is 2.44 bits per heavy atom. The fraction of sp³-hybridized carbons (Fsp3) is 0.586. The molecule has 1 aliphatic carbocycles. The van der Waals surface area contributed by atoms with E-state index in [2.05, 4.69) is 30.2 Å². The van der Waals surface area contributed by atoms with Gasteiger partial charge in [0.25, 0.3) is 5.91 Å². The van der Waals surface area contributed by atoms with Crippen molar-refractivity contribution < 1.29 is 9.53 Å². The van der Waals surface area contributed by atoms with Crippen molar-refractivity contribution in [1.82, 2.24) is 25.3 Å². The number of ether oxygens (including phenoxy) is 1. The maximum absolute atomic E-state index is 13.2. The van der Waals surface area contributed by atoms with Crippen LogP contribution in [-0.2, 0) is 0 Å². The van der Waals surface area contributed by atoms with Gasteiger partial charge in [-0.15, -0.1) is 10.2 Å². The van der Waals surface area contributed by atoms with Gasteiger partial charge in [-0.25, -0.2) is 4.85 Å². The van der Waals surface area contributed by atoms with Gasteiger partial charge in [0.1, 0.15) is 5.75 Å². The fourth-order valence-corrected chi connectivity index (χ4v) is 6.94. The highest BCUT2D eigenvalue weighted by atomic mass is 35.5. The smallest absolute Gasteiger partial charge is 0.274 e. The molecule has 3 atom stereocenters. The quantitative estimate of drug-likeness (QED) is 0.550. The zero-order valence-electron chi connectivity index (χ0n) is 22.3. The number of carbonyl (C=O) groups excluding carboxylic acids is 1. The number of halogens is 1. The molecule has 0 bridgehead atoms. The summed E-state index contributed by atoms with van der Waals surface area (Å²) in [5.41, 5.74) is 0.859. The van der Waals surface area contributed by atoms with Gasteiger partial charge in [-0.2, -0.15) is 0 Å². The molecule has 206 valence electrons. The van der Waals surface area contributed by atoms with Gasteiger partial charge < -0.3 is 24.8 Å². The lowest BCUT2D eigenvalue weighted by molar-refractivity contribution is 0.0763. The van der Waals surface area contributed by atoms with Crippen LogP contribution in [0.25, 0.3) is 4.85 Å². The highest BCUT2D eigenvalue weighted by molar-refractivity contribution is 6.33. The lowest BCUT2D eigenvalue weighted by atomic mass is 9.96. The SMILES string of the molecule is [C-]#[N+]c1ccc(OC2C[C@@H]3CN(C(=O)c4ccc(N5CCC(CN6CCNCC6)CC5)nn4)C[C@@H]3C2)cc1Cl. The Kier molecular flexibility index (Phi) is 7.87. The number of fused-ring (bicyclic) bond motifs is 1. The van der Waals surface area contributed by atoms with E-state index < -0.39 is 0 Å². The summed E-state index contributed by atoms with van der Waals surface area (Å²) in [6, 6.07) is 9.03. The van der Waals surface area contributed by atoms with Crippen LogP contribution >= 0.6 is 11.6 Å². The van der Waals surface area contributed by atoms with E-state index in [9.17, 15) is 4.79 Å². The maximum atomic E-state index is 13.2. The van der Waals surface area contributed by atoms with Crippen LogP contribution in [0.2, 0.25) is 5.02 Å². The third kappa shape index (κ3) is 5.98. The first-order valence-electron chi connectivity index (χ1n) is 14.2. The fourth-order valence-electron chi connectivity index (χ4n) is 6.72. The van der Waals surface area contributed by atoms with Gasteiger partial charge in [0.05, 0.1) is 17.7 Å². The number of piperazine rings is 1. The summed E-state index contributed by atoms with van der Waals surface area (Å²) in [6.45, 7) is 16.3. The Hall–Kier alpha value is -2.93. The van der Waals surface area contributed by atoms with E-state index in [1.54, 1.807) is 18.2 Å². The molecular weight excluding hydrogens is 514 g/mol. The molecule has 1 saturated carbocycles. The molecule has 4 heterocycles. The second-order valence-electron chi connectivity index (χ2n) is 11.4. The van der Waals surface area contributed by atoms with Crippen LogP contribution < -0.4 is 15.0 Å². The number of aromatic nitrogens is 2. The van der Waals surface area contributed by atoms with E-state index in [0.29, 0.717) is 34.0 Å². The lowest BCUT2D eigenvalue weighted by Gasteiger charge is -2.36. The topological polar surface area (TPSA) is 78.2 Å². The van der Waals surface area contributed by atoms with E-state index in [4.69, 9.17) is 22.9 Å². The molecule has 39 heavy (non-hydrogen) atoms. The molecule has 0 spiro atoms. The largest absolute Gasteiger partial charge is 0.490 e. The number of likely N-dealkylation sites (tertiary alicyclic amines) is 1. The van der Waals surface area contributed by atoms with Crippen molar-refractivity contribution >= 4 is 29.0 Å². The molecule has 2 aromatic rings. The molecule has 1 aromatic heterocycles. The summed E-state index contributed by atoms with van der Waals surface area (Å²) in [5, 5.41) is 12.6. The molecule has 3 saturated heterocycles. The summed E-state index contributed by atoms with van der Waals surface area (Å²) >= 11 is 6.16. The average Bonchev–Trinajstić information content (AvgIpc) is 3.53. The Bertz CT molecular complexity index is 1190. The molecule has 4 fully saturated rings. The summed E-state index contributed by atoms with van der Waals surface area (Å²) in [4.78, 5) is 23.4. The lowest BCUT2D eigenvalue weighted by Crippen LogP contribution is -2.47. The minimum absolute atomic E-state index is 0.0304.